The van der Waals surface area contributed by atoms with Gasteiger partial charge in [-0.2, -0.15) is 13.2 Å². The minimum Gasteiger partial charge on any atom is -0.475 e. The van der Waals surface area contributed by atoms with Crippen LogP contribution in [0.4, 0.5) is 13.2 Å². The Morgan fingerprint density at radius 2 is 1.97 bits per heavy atom. The molecule has 0 bridgehead atoms. The fourth-order valence-electron chi connectivity index (χ4n) is 2.63. The highest BCUT2D eigenvalue weighted by Crippen LogP contribution is 2.29. The number of halogens is 3. The quantitative estimate of drug-likeness (QED) is 0.485. The van der Waals surface area contributed by atoms with Crippen LogP contribution in [-0.4, -0.2) is 29.1 Å². The van der Waals surface area contributed by atoms with E-state index in [1.165, 1.54) is 0 Å². The lowest BCUT2D eigenvalue weighted by Gasteiger charge is -2.16. The number of guanidine groups is 1. The molecule has 0 aliphatic carbocycles. The molecule has 0 saturated carbocycles. The van der Waals surface area contributed by atoms with Crippen LogP contribution in [0.25, 0.3) is 0 Å². The summed E-state index contributed by atoms with van der Waals surface area (Å²) in [6.07, 6.45) is -1.74. The molecule has 0 saturated heterocycles. The molecule has 0 spiro atoms. The van der Waals surface area contributed by atoms with E-state index in [2.05, 4.69) is 39.4 Å². The average molecular weight is 430 g/mol. The first-order chi connectivity index (χ1) is 13.7. The molecule has 0 aliphatic heterocycles. The SMILES string of the molecule is CN=C(NCc1ccnc(OC(C)CC(C)C)c1)NCc1nc(C(F)(F)F)cs1. The topological polar surface area (TPSA) is 71.4 Å². The van der Waals surface area contributed by atoms with Gasteiger partial charge in [0.05, 0.1) is 12.6 Å². The van der Waals surface area contributed by atoms with Crippen molar-refractivity contribution < 1.29 is 17.9 Å². The van der Waals surface area contributed by atoms with Crippen molar-refractivity contribution in [3.63, 3.8) is 0 Å². The van der Waals surface area contributed by atoms with Gasteiger partial charge in [0.2, 0.25) is 5.88 Å². The van der Waals surface area contributed by atoms with E-state index in [1.807, 2.05) is 19.1 Å². The molecular weight excluding hydrogens is 403 g/mol. The fraction of sp³-hybridized carbons (Fsp3) is 0.526. The molecule has 2 aromatic rings. The largest absolute Gasteiger partial charge is 0.475 e. The summed E-state index contributed by atoms with van der Waals surface area (Å²) in [5, 5.41) is 7.42. The molecule has 2 rings (SSSR count). The summed E-state index contributed by atoms with van der Waals surface area (Å²) in [4.78, 5) is 11.9. The maximum Gasteiger partial charge on any atom is 0.434 e. The molecule has 0 radical (unpaired) electrons. The molecule has 0 aliphatic rings. The number of rotatable bonds is 8. The van der Waals surface area contributed by atoms with Gasteiger partial charge < -0.3 is 15.4 Å². The molecule has 1 unspecified atom stereocenters. The van der Waals surface area contributed by atoms with Crippen LogP contribution < -0.4 is 15.4 Å². The van der Waals surface area contributed by atoms with Crippen molar-refractivity contribution in [2.24, 2.45) is 10.9 Å². The Morgan fingerprint density at radius 3 is 2.59 bits per heavy atom. The summed E-state index contributed by atoms with van der Waals surface area (Å²) in [6, 6.07) is 3.71. The minimum atomic E-state index is -4.43. The predicted octanol–water partition coefficient (Wildman–Crippen LogP) is 4.24. The molecule has 29 heavy (non-hydrogen) atoms. The third-order valence-corrected chi connectivity index (χ3v) is 4.71. The average Bonchev–Trinajstić information content (AvgIpc) is 3.11. The Hall–Kier alpha value is -2.36. The maximum atomic E-state index is 12.6. The van der Waals surface area contributed by atoms with Gasteiger partial charge in [0.25, 0.3) is 0 Å². The number of hydrogen-bond acceptors (Lipinski definition) is 5. The van der Waals surface area contributed by atoms with Crippen molar-refractivity contribution in [3.8, 4) is 5.88 Å². The number of aromatic nitrogens is 2. The van der Waals surface area contributed by atoms with E-state index in [-0.39, 0.29) is 12.6 Å². The molecule has 10 heteroatoms. The number of alkyl halides is 3. The van der Waals surface area contributed by atoms with Gasteiger partial charge in [0.1, 0.15) is 5.01 Å². The zero-order chi connectivity index (χ0) is 21.4. The van der Waals surface area contributed by atoms with Crippen LogP contribution in [0.1, 0.15) is 43.5 Å². The van der Waals surface area contributed by atoms with Crippen LogP contribution in [0.15, 0.2) is 28.7 Å². The van der Waals surface area contributed by atoms with Crippen molar-refractivity contribution in [2.45, 2.75) is 52.6 Å². The summed E-state index contributed by atoms with van der Waals surface area (Å²) in [6.45, 7) is 6.91. The highest BCUT2D eigenvalue weighted by atomic mass is 32.1. The summed E-state index contributed by atoms with van der Waals surface area (Å²) in [7, 11) is 1.59. The first-order valence-corrected chi connectivity index (χ1v) is 10.1. The predicted molar refractivity (Wildman–Crippen MR) is 108 cm³/mol. The van der Waals surface area contributed by atoms with Crippen LogP contribution in [0.5, 0.6) is 5.88 Å². The molecule has 160 valence electrons. The third kappa shape index (κ3) is 7.88. The van der Waals surface area contributed by atoms with Gasteiger partial charge in [-0.05, 0) is 30.9 Å². The van der Waals surface area contributed by atoms with Crippen molar-refractivity contribution in [1.82, 2.24) is 20.6 Å². The lowest BCUT2D eigenvalue weighted by Crippen LogP contribution is -2.36. The number of thiazole rings is 1. The Balaban J connectivity index is 1.86. The van der Waals surface area contributed by atoms with Gasteiger partial charge in [0, 0.05) is 31.2 Å². The zero-order valence-corrected chi connectivity index (χ0v) is 17.7. The van der Waals surface area contributed by atoms with E-state index in [1.54, 1.807) is 13.2 Å². The second kappa shape index (κ2) is 10.4. The number of nitrogens with one attached hydrogen (secondary N) is 2. The molecule has 0 fully saturated rings. The van der Waals surface area contributed by atoms with Crippen LogP contribution in [0, 0.1) is 5.92 Å². The lowest BCUT2D eigenvalue weighted by atomic mass is 10.1. The standard InChI is InChI=1S/C19H26F3N5OS/c1-12(2)7-13(3)28-16-8-14(5-6-24-16)9-25-18(23-4)26-10-17-27-15(11-29-17)19(20,21)22/h5-6,8,11-13H,7,9-10H2,1-4H3,(H2,23,25,26). The molecule has 0 amide bonds. The van der Waals surface area contributed by atoms with E-state index >= 15 is 0 Å². The van der Waals surface area contributed by atoms with Crippen LogP contribution in [0.3, 0.4) is 0 Å². The number of aliphatic imine (C=N–C) groups is 1. The third-order valence-electron chi connectivity index (χ3n) is 3.86. The zero-order valence-electron chi connectivity index (χ0n) is 16.9. The van der Waals surface area contributed by atoms with Crippen LogP contribution in [-0.2, 0) is 19.3 Å². The van der Waals surface area contributed by atoms with Crippen molar-refractivity contribution in [2.75, 3.05) is 7.05 Å². The van der Waals surface area contributed by atoms with Gasteiger partial charge >= 0.3 is 6.18 Å². The van der Waals surface area contributed by atoms with Gasteiger partial charge in [-0.25, -0.2) is 9.97 Å². The van der Waals surface area contributed by atoms with E-state index in [0.717, 1.165) is 28.7 Å². The number of ether oxygens (including phenoxy) is 1. The first-order valence-electron chi connectivity index (χ1n) is 9.25. The maximum absolute atomic E-state index is 12.6. The Bertz CT molecular complexity index is 807. The summed E-state index contributed by atoms with van der Waals surface area (Å²) in [5.41, 5.74) is 0.0709. The smallest absolute Gasteiger partial charge is 0.434 e. The second-order valence-electron chi connectivity index (χ2n) is 6.96. The highest BCUT2D eigenvalue weighted by Gasteiger charge is 2.33. The summed E-state index contributed by atoms with van der Waals surface area (Å²) in [5.74, 6) is 1.55. The highest BCUT2D eigenvalue weighted by molar-refractivity contribution is 7.09. The van der Waals surface area contributed by atoms with Gasteiger partial charge in [-0.15, -0.1) is 11.3 Å². The van der Waals surface area contributed by atoms with Crippen LogP contribution in [0.2, 0.25) is 0 Å². The molecule has 6 nitrogen and oxygen atoms in total. The van der Waals surface area contributed by atoms with E-state index in [9.17, 15) is 13.2 Å². The van der Waals surface area contributed by atoms with E-state index in [4.69, 9.17) is 4.74 Å². The summed E-state index contributed by atoms with van der Waals surface area (Å²) < 4.78 is 43.7. The van der Waals surface area contributed by atoms with Gasteiger partial charge in [-0.1, -0.05) is 13.8 Å². The molecule has 0 aromatic carbocycles. The Labute approximate surface area is 172 Å². The van der Waals surface area contributed by atoms with Gasteiger partial charge in [-0.3, -0.25) is 4.99 Å². The lowest BCUT2D eigenvalue weighted by molar-refractivity contribution is -0.140. The molecule has 2 aromatic heterocycles. The Morgan fingerprint density at radius 1 is 1.24 bits per heavy atom. The molecule has 1 atom stereocenters. The van der Waals surface area contributed by atoms with Crippen molar-refractivity contribution >= 4 is 17.3 Å². The minimum absolute atomic E-state index is 0.0695. The van der Waals surface area contributed by atoms with Crippen molar-refractivity contribution in [3.05, 3.63) is 40.0 Å². The van der Waals surface area contributed by atoms with E-state index < -0.39 is 11.9 Å². The Kier molecular flexibility index (Phi) is 8.24. The molecule has 2 heterocycles. The van der Waals surface area contributed by atoms with E-state index in [0.29, 0.717) is 29.3 Å². The van der Waals surface area contributed by atoms with Crippen LogP contribution >= 0.6 is 11.3 Å². The monoisotopic (exact) mass is 429 g/mol. The molecule has 2 N–H and O–H groups in total. The number of hydrogen-bond donors (Lipinski definition) is 2. The first kappa shape index (κ1) is 22.9. The number of nitrogens with zero attached hydrogens (tertiary/aromatic N) is 3. The van der Waals surface area contributed by atoms with Gasteiger partial charge in [0.15, 0.2) is 11.7 Å². The molecular formula is C19H26F3N5OS. The fourth-order valence-corrected chi connectivity index (χ4v) is 3.37. The van der Waals surface area contributed by atoms with Crippen molar-refractivity contribution in [1.29, 1.82) is 0 Å². The second-order valence-corrected chi connectivity index (χ2v) is 7.91. The number of pyridine rings is 1. The normalized spacial score (nSPS) is 13.4. The summed E-state index contributed by atoms with van der Waals surface area (Å²) >= 11 is 0.954.